The van der Waals surface area contributed by atoms with Crippen molar-refractivity contribution >= 4 is 30.5 Å². The summed E-state index contributed by atoms with van der Waals surface area (Å²) in [5.41, 5.74) is -0.676. The average molecular weight is 501 g/mol. The zero-order valence-corrected chi connectivity index (χ0v) is 22.8. The van der Waals surface area contributed by atoms with Gasteiger partial charge in [-0.1, -0.05) is 0 Å². The van der Waals surface area contributed by atoms with Gasteiger partial charge in [0.1, 0.15) is 11.6 Å². The third kappa shape index (κ3) is 5.77. The summed E-state index contributed by atoms with van der Waals surface area (Å²) in [6, 6.07) is -0.161. The summed E-state index contributed by atoms with van der Waals surface area (Å²) in [6.07, 6.45) is 5.97. The van der Waals surface area contributed by atoms with Crippen LogP contribution in [-0.2, 0) is 18.8 Å². The van der Waals surface area contributed by atoms with Crippen molar-refractivity contribution in [1.82, 2.24) is 20.2 Å². The van der Waals surface area contributed by atoms with Crippen molar-refractivity contribution in [1.29, 1.82) is 0 Å². The SMILES string of the molecule is CC(NC(=O)OC(C)(C)C)C(=O)N1CC[C@@H](N(c2ncc(B3OC(C)(C)C(C)(C)O3)cn2)C2CC2)C1. The highest BCUT2D eigenvalue weighted by Crippen LogP contribution is 2.37. The Balaban J connectivity index is 1.39. The van der Waals surface area contributed by atoms with Crippen molar-refractivity contribution in [3.05, 3.63) is 12.4 Å². The monoisotopic (exact) mass is 501 g/mol. The van der Waals surface area contributed by atoms with Crippen molar-refractivity contribution in [2.24, 2.45) is 0 Å². The molecule has 2 atom stereocenters. The fourth-order valence-electron chi connectivity index (χ4n) is 4.53. The van der Waals surface area contributed by atoms with Crippen molar-refractivity contribution < 1.29 is 23.6 Å². The number of nitrogens with zero attached hydrogens (tertiary/aromatic N) is 4. The van der Waals surface area contributed by atoms with Gasteiger partial charge in [-0.3, -0.25) is 4.79 Å². The standard InChI is InChI=1S/C25H40BN5O5/c1-16(29-22(33)34-23(2,3)4)20(32)30-12-11-19(15-30)31(18-9-10-18)21-27-13-17(14-28-21)26-35-24(5,6)25(7,8)36-26/h13-14,16,18-19H,9-12,15H2,1-8H3,(H,29,33)/t16?,19-/m1/s1. The van der Waals surface area contributed by atoms with Crippen LogP contribution in [0.1, 0.15) is 74.7 Å². The molecular weight excluding hydrogens is 461 g/mol. The van der Waals surface area contributed by atoms with Crippen molar-refractivity contribution in [2.45, 2.75) is 110 Å². The third-order valence-electron chi connectivity index (χ3n) is 7.33. The van der Waals surface area contributed by atoms with Gasteiger partial charge in [-0.15, -0.1) is 0 Å². The van der Waals surface area contributed by atoms with Gasteiger partial charge in [0, 0.05) is 37.0 Å². The molecular formula is C25H40BN5O5. The molecule has 0 spiro atoms. The zero-order chi connectivity index (χ0) is 26.5. The lowest BCUT2D eigenvalue weighted by molar-refractivity contribution is -0.132. The van der Waals surface area contributed by atoms with Gasteiger partial charge in [0.25, 0.3) is 0 Å². The van der Waals surface area contributed by atoms with Gasteiger partial charge in [0.2, 0.25) is 11.9 Å². The largest absolute Gasteiger partial charge is 0.498 e. The molecule has 2 saturated heterocycles. The summed E-state index contributed by atoms with van der Waals surface area (Å²) in [4.78, 5) is 38.5. The molecule has 36 heavy (non-hydrogen) atoms. The molecule has 1 N–H and O–H groups in total. The molecule has 0 aromatic carbocycles. The molecule has 3 fully saturated rings. The highest BCUT2D eigenvalue weighted by molar-refractivity contribution is 6.61. The van der Waals surface area contributed by atoms with Crippen LogP contribution in [0.5, 0.6) is 0 Å². The first kappa shape index (κ1) is 26.7. The van der Waals surface area contributed by atoms with Crippen LogP contribution >= 0.6 is 0 Å². The summed E-state index contributed by atoms with van der Waals surface area (Å²) in [7, 11) is -0.503. The first-order valence-electron chi connectivity index (χ1n) is 12.9. The first-order chi connectivity index (χ1) is 16.7. The van der Waals surface area contributed by atoms with Crippen LogP contribution in [0.2, 0.25) is 0 Å². The molecule has 1 unspecified atom stereocenters. The fourth-order valence-corrected chi connectivity index (χ4v) is 4.53. The van der Waals surface area contributed by atoms with E-state index < -0.39 is 36.1 Å². The lowest BCUT2D eigenvalue weighted by Gasteiger charge is -2.32. The number of ether oxygens (including phenoxy) is 1. The average Bonchev–Trinajstić information content (AvgIpc) is 3.41. The number of amides is 2. The molecule has 1 aliphatic carbocycles. The lowest BCUT2D eigenvalue weighted by atomic mass is 9.81. The van der Waals surface area contributed by atoms with Crippen LogP contribution in [0.4, 0.5) is 10.7 Å². The Morgan fingerprint density at radius 2 is 1.69 bits per heavy atom. The number of carbonyl (C=O) groups is 2. The molecule has 0 radical (unpaired) electrons. The second-order valence-corrected chi connectivity index (χ2v) is 12.1. The Hall–Kier alpha value is -2.40. The maximum atomic E-state index is 13.0. The molecule has 0 bridgehead atoms. The van der Waals surface area contributed by atoms with E-state index in [0.717, 1.165) is 24.7 Å². The summed E-state index contributed by atoms with van der Waals surface area (Å²) < 4.78 is 17.5. The minimum atomic E-state index is -0.663. The summed E-state index contributed by atoms with van der Waals surface area (Å²) >= 11 is 0. The third-order valence-corrected chi connectivity index (χ3v) is 7.33. The van der Waals surface area contributed by atoms with Crippen LogP contribution in [0.25, 0.3) is 0 Å². The molecule has 1 aromatic rings. The quantitative estimate of drug-likeness (QED) is 0.592. The maximum absolute atomic E-state index is 13.0. The van der Waals surface area contributed by atoms with E-state index in [1.807, 2.05) is 27.7 Å². The van der Waals surface area contributed by atoms with Crippen molar-refractivity contribution in [3.63, 3.8) is 0 Å². The Morgan fingerprint density at radius 3 is 2.22 bits per heavy atom. The van der Waals surface area contributed by atoms with Crippen LogP contribution in [0.15, 0.2) is 12.4 Å². The molecule has 3 aliphatic rings. The molecule has 2 aliphatic heterocycles. The molecule has 10 nitrogen and oxygen atoms in total. The van der Waals surface area contributed by atoms with E-state index in [4.69, 9.17) is 14.0 Å². The predicted molar refractivity (Wildman–Crippen MR) is 137 cm³/mol. The van der Waals surface area contributed by atoms with Crippen molar-refractivity contribution in [2.75, 3.05) is 18.0 Å². The van der Waals surface area contributed by atoms with Crippen LogP contribution in [0, 0.1) is 0 Å². The summed E-state index contributed by atoms with van der Waals surface area (Å²) in [6.45, 7) is 16.3. The number of hydrogen-bond donors (Lipinski definition) is 1. The molecule has 1 aromatic heterocycles. The Labute approximate surface area is 214 Å². The number of carbonyl (C=O) groups excluding carboxylic acids is 2. The number of likely N-dealkylation sites (tertiary alicyclic amines) is 1. The number of alkyl carbamates (subject to hydrolysis) is 1. The molecule has 198 valence electrons. The van der Waals surface area contributed by atoms with Gasteiger partial charge in [-0.25, -0.2) is 14.8 Å². The number of nitrogens with one attached hydrogen (secondary N) is 1. The van der Waals surface area contributed by atoms with E-state index in [9.17, 15) is 9.59 Å². The van der Waals surface area contributed by atoms with Gasteiger partial charge in [0.15, 0.2) is 0 Å². The topological polar surface area (TPSA) is 106 Å². The van der Waals surface area contributed by atoms with Crippen LogP contribution < -0.4 is 15.7 Å². The molecule has 1 saturated carbocycles. The van der Waals surface area contributed by atoms with E-state index in [2.05, 4.69) is 20.2 Å². The van der Waals surface area contributed by atoms with Gasteiger partial charge in [0.05, 0.1) is 17.2 Å². The van der Waals surface area contributed by atoms with E-state index in [1.54, 1.807) is 45.0 Å². The molecule has 4 rings (SSSR count). The number of aromatic nitrogens is 2. The maximum Gasteiger partial charge on any atom is 0.498 e. The Kier molecular flexibility index (Phi) is 7.02. The fraction of sp³-hybridized carbons (Fsp3) is 0.760. The van der Waals surface area contributed by atoms with Gasteiger partial charge >= 0.3 is 13.2 Å². The smallest absolute Gasteiger partial charge is 0.444 e. The summed E-state index contributed by atoms with van der Waals surface area (Å²) in [5, 5.41) is 2.65. The molecule has 2 amide bonds. The first-order valence-corrected chi connectivity index (χ1v) is 12.9. The van der Waals surface area contributed by atoms with E-state index in [0.29, 0.717) is 25.1 Å². The number of hydrogen-bond acceptors (Lipinski definition) is 8. The zero-order valence-electron chi connectivity index (χ0n) is 22.8. The minimum Gasteiger partial charge on any atom is -0.444 e. The second kappa shape index (κ2) is 9.48. The van der Waals surface area contributed by atoms with Crippen LogP contribution in [-0.4, -0.2) is 82.0 Å². The van der Waals surface area contributed by atoms with E-state index in [-0.39, 0.29) is 11.9 Å². The van der Waals surface area contributed by atoms with Gasteiger partial charge < -0.3 is 29.2 Å². The Morgan fingerprint density at radius 1 is 1.11 bits per heavy atom. The van der Waals surface area contributed by atoms with Gasteiger partial charge in [-0.05, 0) is 74.7 Å². The highest BCUT2D eigenvalue weighted by atomic mass is 16.7. The van der Waals surface area contributed by atoms with E-state index >= 15 is 0 Å². The number of anilines is 1. The van der Waals surface area contributed by atoms with Gasteiger partial charge in [-0.2, -0.15) is 0 Å². The molecule has 11 heteroatoms. The Bertz CT molecular complexity index is 960. The highest BCUT2D eigenvalue weighted by Gasteiger charge is 2.52. The minimum absolute atomic E-state index is 0.115. The second-order valence-electron chi connectivity index (χ2n) is 12.1. The lowest BCUT2D eigenvalue weighted by Crippen LogP contribution is -2.48. The normalized spacial score (nSPS) is 23.9. The van der Waals surface area contributed by atoms with Crippen molar-refractivity contribution in [3.8, 4) is 0 Å². The predicted octanol–water partition coefficient (Wildman–Crippen LogP) is 2.26. The van der Waals surface area contributed by atoms with Crippen LogP contribution in [0.3, 0.4) is 0 Å². The summed E-state index contributed by atoms with van der Waals surface area (Å²) in [5.74, 6) is 0.549. The van der Waals surface area contributed by atoms with E-state index in [1.165, 1.54) is 0 Å². The number of rotatable bonds is 6. The molecule has 3 heterocycles.